The zero-order valence-electron chi connectivity index (χ0n) is 21.8. The van der Waals surface area contributed by atoms with Crippen LogP contribution in [0, 0.1) is 5.92 Å². The van der Waals surface area contributed by atoms with Crippen molar-refractivity contribution in [3.05, 3.63) is 71.8 Å². The number of benzene rings is 2. The van der Waals surface area contributed by atoms with E-state index in [9.17, 15) is 19.2 Å². The van der Waals surface area contributed by atoms with Gasteiger partial charge >= 0.3 is 6.09 Å². The lowest BCUT2D eigenvalue weighted by atomic mass is 10.0. The minimum Gasteiger partial charge on any atom is -0.444 e. The summed E-state index contributed by atoms with van der Waals surface area (Å²) in [6, 6.07) is 16.0. The summed E-state index contributed by atoms with van der Waals surface area (Å²) in [5, 5.41) is 5.45. The molecule has 1 saturated carbocycles. The lowest BCUT2D eigenvalue weighted by Crippen LogP contribution is -2.55. The van der Waals surface area contributed by atoms with Crippen LogP contribution < -0.4 is 16.4 Å². The highest BCUT2D eigenvalue weighted by molar-refractivity contribution is 5.95. The predicted molar refractivity (Wildman–Crippen MR) is 139 cm³/mol. The Kier molecular flexibility index (Phi) is 8.91. The quantitative estimate of drug-likeness (QED) is 0.454. The summed E-state index contributed by atoms with van der Waals surface area (Å²) < 4.78 is 5.30. The van der Waals surface area contributed by atoms with Gasteiger partial charge in [-0.3, -0.25) is 14.4 Å². The highest BCUT2D eigenvalue weighted by atomic mass is 16.6. The molecule has 37 heavy (non-hydrogen) atoms. The SMILES string of the molecule is CC1CC1N(C(=O)C(CC(N)=O)NC(=O)OC(C)(C)C)C(C(=O)NCc1ccccc1)c1ccccc1. The average molecular weight is 509 g/mol. The number of rotatable bonds is 10. The first-order chi connectivity index (χ1) is 17.5. The van der Waals surface area contributed by atoms with Gasteiger partial charge in [0.05, 0.1) is 6.42 Å². The Morgan fingerprint density at radius 3 is 2.11 bits per heavy atom. The molecule has 0 bridgehead atoms. The summed E-state index contributed by atoms with van der Waals surface area (Å²) in [5.74, 6) is -1.55. The summed E-state index contributed by atoms with van der Waals surface area (Å²) >= 11 is 0. The third-order valence-corrected chi connectivity index (χ3v) is 6.02. The van der Waals surface area contributed by atoms with Crippen LogP contribution in [0.2, 0.25) is 0 Å². The van der Waals surface area contributed by atoms with Crippen LogP contribution in [0.25, 0.3) is 0 Å². The van der Waals surface area contributed by atoms with E-state index in [1.807, 2.05) is 43.3 Å². The number of nitrogens with one attached hydrogen (secondary N) is 2. The minimum atomic E-state index is -1.28. The molecule has 2 aromatic rings. The number of carbonyl (C=O) groups excluding carboxylic acids is 4. The predicted octanol–water partition coefficient (Wildman–Crippen LogP) is 3.05. The zero-order chi connectivity index (χ0) is 27.2. The number of alkyl carbamates (subject to hydrolysis) is 1. The molecule has 2 aromatic carbocycles. The van der Waals surface area contributed by atoms with Gasteiger partial charge in [0, 0.05) is 12.6 Å². The van der Waals surface area contributed by atoms with E-state index in [2.05, 4.69) is 10.6 Å². The van der Waals surface area contributed by atoms with Crippen LogP contribution in [0.5, 0.6) is 0 Å². The molecule has 9 heteroatoms. The van der Waals surface area contributed by atoms with Crippen molar-refractivity contribution in [2.24, 2.45) is 11.7 Å². The van der Waals surface area contributed by atoms with E-state index in [0.717, 1.165) is 5.56 Å². The topological polar surface area (TPSA) is 131 Å². The van der Waals surface area contributed by atoms with E-state index >= 15 is 0 Å². The third-order valence-electron chi connectivity index (χ3n) is 6.02. The van der Waals surface area contributed by atoms with Gasteiger partial charge in [-0.05, 0) is 44.2 Å². The Hall–Kier alpha value is -3.88. The molecule has 1 aliphatic carbocycles. The smallest absolute Gasteiger partial charge is 0.408 e. The van der Waals surface area contributed by atoms with Gasteiger partial charge in [0.1, 0.15) is 17.7 Å². The number of hydrogen-bond acceptors (Lipinski definition) is 5. The molecule has 1 aliphatic rings. The summed E-state index contributed by atoms with van der Waals surface area (Å²) in [6.07, 6.45) is -0.583. The highest BCUT2D eigenvalue weighted by Gasteiger charge is 2.48. The van der Waals surface area contributed by atoms with Gasteiger partial charge in [-0.15, -0.1) is 0 Å². The number of carbonyl (C=O) groups is 4. The van der Waals surface area contributed by atoms with Gasteiger partial charge < -0.3 is 26.0 Å². The molecule has 4 amide bonds. The van der Waals surface area contributed by atoms with Gasteiger partial charge in [0.25, 0.3) is 0 Å². The maximum Gasteiger partial charge on any atom is 0.408 e. The van der Waals surface area contributed by atoms with Crippen LogP contribution in [0.15, 0.2) is 60.7 Å². The number of hydrogen-bond donors (Lipinski definition) is 3. The minimum absolute atomic E-state index is 0.146. The molecule has 198 valence electrons. The van der Waals surface area contributed by atoms with Crippen molar-refractivity contribution in [2.75, 3.05) is 0 Å². The Bertz CT molecular complexity index is 1100. The van der Waals surface area contributed by atoms with E-state index in [0.29, 0.717) is 12.0 Å². The second kappa shape index (κ2) is 11.9. The van der Waals surface area contributed by atoms with Crippen molar-refractivity contribution < 1.29 is 23.9 Å². The first kappa shape index (κ1) is 27.7. The van der Waals surface area contributed by atoms with Crippen LogP contribution in [0.1, 0.15) is 57.7 Å². The Morgan fingerprint density at radius 2 is 1.59 bits per heavy atom. The van der Waals surface area contributed by atoms with Crippen molar-refractivity contribution in [1.29, 1.82) is 0 Å². The molecule has 0 radical (unpaired) electrons. The normalized spacial score (nSPS) is 18.2. The molecule has 0 aliphatic heterocycles. The van der Waals surface area contributed by atoms with Gasteiger partial charge in [0.15, 0.2) is 0 Å². The molecule has 4 unspecified atom stereocenters. The van der Waals surface area contributed by atoms with Crippen molar-refractivity contribution in [1.82, 2.24) is 15.5 Å². The molecule has 0 saturated heterocycles. The van der Waals surface area contributed by atoms with E-state index in [-0.39, 0.29) is 24.4 Å². The van der Waals surface area contributed by atoms with E-state index in [1.165, 1.54) is 4.90 Å². The van der Waals surface area contributed by atoms with Gasteiger partial charge in [-0.2, -0.15) is 0 Å². The largest absolute Gasteiger partial charge is 0.444 e. The number of amides is 4. The average Bonchev–Trinajstić information content (AvgIpc) is 3.55. The van der Waals surface area contributed by atoms with Crippen LogP contribution >= 0.6 is 0 Å². The summed E-state index contributed by atoms with van der Waals surface area (Å²) in [6.45, 7) is 7.35. The second-order valence-corrected chi connectivity index (χ2v) is 10.4. The first-order valence-corrected chi connectivity index (χ1v) is 12.4. The molecule has 0 spiro atoms. The molecular weight excluding hydrogens is 472 g/mol. The maximum absolute atomic E-state index is 14.0. The van der Waals surface area contributed by atoms with Gasteiger partial charge in [-0.1, -0.05) is 67.6 Å². The number of nitrogens with two attached hydrogens (primary N) is 1. The fourth-order valence-corrected chi connectivity index (χ4v) is 4.16. The second-order valence-electron chi connectivity index (χ2n) is 10.4. The van der Waals surface area contributed by atoms with Crippen molar-refractivity contribution in [3.63, 3.8) is 0 Å². The molecule has 4 N–H and O–H groups in total. The lowest BCUT2D eigenvalue weighted by molar-refractivity contribution is -0.144. The van der Waals surface area contributed by atoms with E-state index in [4.69, 9.17) is 10.5 Å². The molecule has 1 fully saturated rings. The fourth-order valence-electron chi connectivity index (χ4n) is 4.16. The molecule has 0 aromatic heterocycles. The lowest BCUT2D eigenvalue weighted by Gasteiger charge is -2.35. The molecule has 9 nitrogen and oxygen atoms in total. The van der Waals surface area contributed by atoms with Gasteiger partial charge in [0.2, 0.25) is 17.7 Å². The number of primary amides is 1. The Labute approximate surface area is 217 Å². The summed E-state index contributed by atoms with van der Waals surface area (Å²) in [7, 11) is 0. The van der Waals surface area contributed by atoms with Crippen molar-refractivity contribution in [3.8, 4) is 0 Å². The van der Waals surface area contributed by atoms with E-state index < -0.39 is 42.0 Å². The number of nitrogens with zero attached hydrogens (tertiary/aromatic N) is 1. The first-order valence-electron chi connectivity index (χ1n) is 12.4. The van der Waals surface area contributed by atoms with Crippen molar-refractivity contribution in [2.45, 2.75) is 70.8 Å². The molecule has 0 heterocycles. The summed E-state index contributed by atoms with van der Waals surface area (Å²) in [4.78, 5) is 53.5. The van der Waals surface area contributed by atoms with E-state index in [1.54, 1.807) is 45.0 Å². The Balaban J connectivity index is 1.93. The zero-order valence-corrected chi connectivity index (χ0v) is 21.8. The number of ether oxygens (including phenoxy) is 1. The van der Waals surface area contributed by atoms with Crippen molar-refractivity contribution >= 4 is 23.8 Å². The van der Waals surface area contributed by atoms with Crippen LogP contribution in [-0.4, -0.2) is 46.4 Å². The maximum atomic E-state index is 14.0. The molecule has 4 atom stereocenters. The fraction of sp³-hybridized carbons (Fsp3) is 0.429. The van der Waals surface area contributed by atoms with Gasteiger partial charge in [-0.25, -0.2) is 4.79 Å². The van der Waals surface area contributed by atoms with Crippen LogP contribution in [0.4, 0.5) is 4.79 Å². The monoisotopic (exact) mass is 508 g/mol. The third kappa shape index (κ3) is 8.06. The van der Waals surface area contributed by atoms with Crippen LogP contribution in [-0.2, 0) is 25.7 Å². The molecule has 3 rings (SSSR count). The Morgan fingerprint density at radius 1 is 1.03 bits per heavy atom. The highest BCUT2D eigenvalue weighted by Crippen LogP contribution is 2.40. The molecular formula is C28H36N4O5. The summed E-state index contributed by atoms with van der Waals surface area (Å²) in [5.41, 5.74) is 6.16. The standard InChI is InChI=1S/C28H36N4O5/c1-18-15-22(18)32(26(35)21(16-23(29)33)31-27(36)37-28(2,3)4)24(20-13-9-6-10-14-20)25(34)30-17-19-11-7-5-8-12-19/h5-14,18,21-22,24H,15-17H2,1-4H3,(H2,29,33)(H,30,34)(H,31,36). The van der Waals surface area contributed by atoms with Crippen LogP contribution in [0.3, 0.4) is 0 Å².